The second-order valence-corrected chi connectivity index (χ2v) is 7.41. The topological polar surface area (TPSA) is 105 Å². The summed E-state index contributed by atoms with van der Waals surface area (Å²) in [5, 5.41) is 28.4. The van der Waals surface area contributed by atoms with Crippen LogP contribution in [0.15, 0.2) is 30.9 Å². The van der Waals surface area contributed by atoms with Gasteiger partial charge in [-0.2, -0.15) is 18.3 Å². The van der Waals surface area contributed by atoms with Crippen molar-refractivity contribution in [3.05, 3.63) is 59.1 Å². The molecule has 1 aliphatic heterocycles. The van der Waals surface area contributed by atoms with Crippen molar-refractivity contribution in [2.45, 2.75) is 37.4 Å². The molecule has 0 aliphatic carbocycles. The van der Waals surface area contributed by atoms with E-state index in [-0.39, 0.29) is 25.2 Å². The van der Waals surface area contributed by atoms with Gasteiger partial charge >= 0.3 is 6.18 Å². The van der Waals surface area contributed by atoms with E-state index in [0.29, 0.717) is 17.9 Å². The van der Waals surface area contributed by atoms with E-state index in [1.54, 1.807) is 12.4 Å². The Labute approximate surface area is 173 Å². The molecule has 12 heteroatoms. The van der Waals surface area contributed by atoms with E-state index >= 15 is 0 Å². The Kier molecular flexibility index (Phi) is 5.41. The van der Waals surface area contributed by atoms with Crippen LogP contribution in [0.1, 0.15) is 35.0 Å². The summed E-state index contributed by atoms with van der Waals surface area (Å²) in [4.78, 5) is 7.90. The van der Waals surface area contributed by atoms with Gasteiger partial charge in [0.15, 0.2) is 5.65 Å². The number of aliphatic hydroxyl groups is 2. The minimum atomic E-state index is -4.78. The number of nitrogens with one attached hydrogen (secondary N) is 1. The summed E-state index contributed by atoms with van der Waals surface area (Å²) in [6.45, 7) is 1.65. The van der Waals surface area contributed by atoms with Crippen LogP contribution in [-0.2, 0) is 16.5 Å². The fraction of sp³-hybridized carbons (Fsp3) is 0.421. The molecule has 4 rings (SSSR count). The third-order valence-corrected chi connectivity index (χ3v) is 5.28. The van der Waals surface area contributed by atoms with Gasteiger partial charge < -0.3 is 14.9 Å². The third kappa shape index (κ3) is 3.87. The lowest BCUT2D eigenvalue weighted by Crippen LogP contribution is -2.58. The zero-order valence-corrected chi connectivity index (χ0v) is 16.3. The Morgan fingerprint density at radius 2 is 2.06 bits per heavy atom. The summed E-state index contributed by atoms with van der Waals surface area (Å²) in [7, 11) is 0. The summed E-state index contributed by atoms with van der Waals surface area (Å²) in [5.41, 5.74) is -2.01. The zero-order chi connectivity index (χ0) is 22.4. The highest BCUT2D eigenvalue weighted by Gasteiger charge is 2.47. The highest BCUT2D eigenvalue weighted by atomic mass is 19.4. The molecule has 3 N–H and O–H groups in total. The maximum absolute atomic E-state index is 14.8. The van der Waals surface area contributed by atoms with Gasteiger partial charge in [0, 0.05) is 25.2 Å². The van der Waals surface area contributed by atoms with E-state index in [4.69, 9.17) is 4.74 Å². The first-order valence-corrected chi connectivity index (χ1v) is 9.36. The van der Waals surface area contributed by atoms with Crippen LogP contribution in [0, 0.1) is 12.7 Å². The molecule has 1 saturated heterocycles. The van der Waals surface area contributed by atoms with E-state index in [0.717, 1.165) is 5.56 Å². The molecule has 3 aromatic heterocycles. The number of aromatic nitrogens is 4. The number of halogens is 4. The first kappa shape index (κ1) is 21.6. The van der Waals surface area contributed by atoms with Crippen molar-refractivity contribution in [2.75, 3.05) is 13.2 Å². The maximum Gasteiger partial charge on any atom is 0.417 e. The van der Waals surface area contributed by atoms with E-state index in [1.807, 2.05) is 6.92 Å². The number of ether oxygens (including phenoxy) is 1. The van der Waals surface area contributed by atoms with E-state index < -0.39 is 41.1 Å². The second-order valence-electron chi connectivity index (χ2n) is 7.41. The third-order valence-electron chi connectivity index (χ3n) is 5.28. The number of nitrogens with zero attached hydrogens (tertiary/aromatic N) is 4. The van der Waals surface area contributed by atoms with Gasteiger partial charge in [0.05, 0.1) is 35.2 Å². The number of rotatable bonds is 4. The quantitative estimate of drug-likeness (QED) is 0.419. The minimum absolute atomic E-state index is 0.0493. The van der Waals surface area contributed by atoms with Crippen molar-refractivity contribution in [2.24, 2.45) is 0 Å². The van der Waals surface area contributed by atoms with Crippen molar-refractivity contribution in [1.29, 1.82) is 0 Å². The molecule has 0 spiro atoms. The molecule has 1 aliphatic rings. The second kappa shape index (κ2) is 7.79. The molecule has 1 fully saturated rings. The normalized spacial score (nSPS) is 23.3. The predicted molar refractivity (Wildman–Crippen MR) is 98.1 cm³/mol. The molecule has 0 amide bonds. The number of pyridine rings is 1. The average Bonchev–Trinajstić information content (AvgIpc) is 3.12. The highest BCUT2D eigenvalue weighted by molar-refractivity contribution is 5.47. The molecule has 0 bridgehead atoms. The Bertz CT molecular complexity index is 1110. The SMILES string of the molecule is Cc1cnc2c(C(O)NC3(c4ncc(C(F)(F)F)cc4F)CCOCC3O)cnn2c1. The summed E-state index contributed by atoms with van der Waals surface area (Å²) in [6.07, 6.45) is -2.59. The van der Waals surface area contributed by atoms with Gasteiger partial charge in [0.25, 0.3) is 0 Å². The van der Waals surface area contributed by atoms with Crippen LogP contribution in [0.2, 0.25) is 0 Å². The number of hydrogen-bond donors (Lipinski definition) is 3. The number of hydrogen-bond acceptors (Lipinski definition) is 7. The van der Waals surface area contributed by atoms with Crippen molar-refractivity contribution >= 4 is 5.65 Å². The van der Waals surface area contributed by atoms with Gasteiger partial charge in [0.2, 0.25) is 0 Å². The van der Waals surface area contributed by atoms with E-state index in [9.17, 15) is 27.8 Å². The van der Waals surface area contributed by atoms with Crippen molar-refractivity contribution in [3.63, 3.8) is 0 Å². The van der Waals surface area contributed by atoms with Gasteiger partial charge in [-0.25, -0.2) is 13.9 Å². The molecule has 166 valence electrons. The molecular weight excluding hydrogens is 422 g/mol. The van der Waals surface area contributed by atoms with Crippen molar-refractivity contribution < 1.29 is 32.5 Å². The van der Waals surface area contributed by atoms with Gasteiger partial charge in [-0.05, 0) is 25.0 Å². The molecule has 8 nitrogen and oxygen atoms in total. The molecule has 31 heavy (non-hydrogen) atoms. The maximum atomic E-state index is 14.8. The monoisotopic (exact) mass is 441 g/mol. The molecule has 0 saturated carbocycles. The average molecular weight is 441 g/mol. The number of aryl methyl sites for hydroxylation is 1. The van der Waals surface area contributed by atoms with Gasteiger partial charge in [-0.3, -0.25) is 10.3 Å². The Morgan fingerprint density at radius 1 is 1.29 bits per heavy atom. The number of fused-ring (bicyclic) bond motifs is 1. The Hall–Kier alpha value is -2.67. The Balaban J connectivity index is 1.75. The van der Waals surface area contributed by atoms with Crippen LogP contribution in [0.4, 0.5) is 17.6 Å². The lowest BCUT2D eigenvalue weighted by molar-refractivity contribution is -0.138. The largest absolute Gasteiger partial charge is 0.417 e. The Morgan fingerprint density at radius 3 is 2.74 bits per heavy atom. The van der Waals surface area contributed by atoms with Crippen LogP contribution in [0.5, 0.6) is 0 Å². The lowest BCUT2D eigenvalue weighted by atomic mass is 9.82. The van der Waals surface area contributed by atoms with Crippen LogP contribution in [0.25, 0.3) is 5.65 Å². The summed E-state index contributed by atoms with van der Waals surface area (Å²) >= 11 is 0. The van der Waals surface area contributed by atoms with Crippen LogP contribution in [-0.4, -0.2) is 49.1 Å². The minimum Gasteiger partial charge on any atom is -0.388 e. The molecule has 0 aromatic carbocycles. The van der Waals surface area contributed by atoms with Gasteiger partial charge in [-0.1, -0.05) is 0 Å². The van der Waals surface area contributed by atoms with Gasteiger partial charge in [0.1, 0.15) is 18.1 Å². The molecule has 0 radical (unpaired) electrons. The number of aliphatic hydroxyl groups excluding tert-OH is 2. The molecule has 3 atom stereocenters. The fourth-order valence-electron chi connectivity index (χ4n) is 3.67. The van der Waals surface area contributed by atoms with Crippen LogP contribution >= 0.6 is 0 Å². The summed E-state index contributed by atoms with van der Waals surface area (Å²) in [6, 6.07) is 0.319. The highest BCUT2D eigenvalue weighted by Crippen LogP contribution is 2.37. The fourth-order valence-corrected chi connectivity index (χ4v) is 3.67. The standard InChI is InChI=1S/C19H19F4N5O3/c1-10-5-25-16-12(7-26-28(16)8-10)17(30)27-18(2-3-31-9-14(18)29)15-13(20)4-11(6-24-15)19(21,22)23/h4-8,14,17,27,29-30H,2-3,9H2,1H3. The first-order valence-electron chi connectivity index (χ1n) is 9.36. The lowest BCUT2D eigenvalue weighted by Gasteiger charge is -2.42. The van der Waals surface area contributed by atoms with Crippen molar-refractivity contribution in [3.8, 4) is 0 Å². The summed E-state index contributed by atoms with van der Waals surface area (Å²) in [5.74, 6) is -1.26. The number of alkyl halides is 3. The predicted octanol–water partition coefficient (Wildman–Crippen LogP) is 1.85. The smallest absolute Gasteiger partial charge is 0.388 e. The van der Waals surface area contributed by atoms with E-state index in [2.05, 4.69) is 20.4 Å². The van der Waals surface area contributed by atoms with Crippen molar-refractivity contribution in [1.82, 2.24) is 24.9 Å². The zero-order valence-electron chi connectivity index (χ0n) is 16.3. The van der Waals surface area contributed by atoms with Crippen LogP contribution in [0.3, 0.4) is 0 Å². The molecule has 3 unspecified atom stereocenters. The van der Waals surface area contributed by atoms with Crippen LogP contribution < -0.4 is 5.32 Å². The van der Waals surface area contributed by atoms with Gasteiger partial charge in [-0.15, -0.1) is 0 Å². The molecular formula is C19H19F4N5O3. The summed E-state index contributed by atoms with van der Waals surface area (Å²) < 4.78 is 60.3. The molecule has 4 heterocycles. The van der Waals surface area contributed by atoms with E-state index in [1.165, 1.54) is 10.7 Å². The first-order chi connectivity index (χ1) is 14.6. The molecule has 3 aromatic rings.